The number of nitrogens with two attached hydrogens (primary N) is 1. The highest BCUT2D eigenvalue weighted by Crippen LogP contribution is 2.30. The second kappa shape index (κ2) is 4.94. The van der Waals surface area contributed by atoms with Crippen LogP contribution in [0.15, 0.2) is 0 Å². The van der Waals surface area contributed by atoms with E-state index in [2.05, 4.69) is 5.32 Å². The topological polar surface area (TPSA) is 58.3 Å². The summed E-state index contributed by atoms with van der Waals surface area (Å²) in [5.41, 5.74) is 4.68. The molecule has 78 valence electrons. The Labute approximate surface area is 80.7 Å². The molecule has 1 unspecified atom stereocenters. The number of hydrogen-bond donors (Lipinski definition) is 3. The minimum absolute atomic E-state index is 0.410. The first-order valence-corrected chi connectivity index (χ1v) is 5.34. The number of rotatable bonds is 4. The lowest BCUT2D eigenvalue weighted by atomic mass is 9.82. The Morgan fingerprint density at radius 3 is 2.54 bits per heavy atom. The highest BCUT2D eigenvalue weighted by molar-refractivity contribution is 4.82. The van der Waals surface area contributed by atoms with Crippen LogP contribution < -0.4 is 11.1 Å². The fraction of sp³-hybridized carbons (Fsp3) is 1.00. The third-order valence-corrected chi connectivity index (χ3v) is 3.03. The number of aliphatic hydroxyl groups is 1. The van der Waals surface area contributed by atoms with Gasteiger partial charge in [-0.05, 0) is 19.8 Å². The van der Waals surface area contributed by atoms with Crippen LogP contribution in [0.1, 0.15) is 39.0 Å². The lowest BCUT2D eigenvalue weighted by molar-refractivity contribution is -0.0450. The first-order chi connectivity index (χ1) is 6.17. The molecule has 0 heterocycles. The predicted octanol–water partition coefficient (Wildman–Crippen LogP) is 0.823. The van der Waals surface area contributed by atoms with Crippen LogP contribution in [0.4, 0.5) is 0 Å². The maximum absolute atomic E-state index is 10.1. The average molecular weight is 186 g/mol. The molecule has 1 fully saturated rings. The van der Waals surface area contributed by atoms with Gasteiger partial charge in [-0.3, -0.25) is 5.32 Å². The largest absolute Gasteiger partial charge is 0.376 e. The highest BCUT2D eigenvalue weighted by Gasteiger charge is 2.31. The highest BCUT2D eigenvalue weighted by atomic mass is 16.3. The van der Waals surface area contributed by atoms with E-state index >= 15 is 0 Å². The standard InChI is InChI=1S/C10H22N2O/c1-10(13,12-8-7-11)9-5-3-2-4-6-9/h9,12-13H,2-8,11H2,1H3. The molecule has 0 aliphatic heterocycles. The monoisotopic (exact) mass is 186 g/mol. The van der Waals surface area contributed by atoms with Crippen LogP contribution in [0.25, 0.3) is 0 Å². The minimum Gasteiger partial charge on any atom is -0.376 e. The average Bonchev–Trinajstić information content (AvgIpc) is 2.16. The first-order valence-electron chi connectivity index (χ1n) is 5.34. The molecule has 0 bridgehead atoms. The molecule has 1 saturated carbocycles. The number of hydrogen-bond acceptors (Lipinski definition) is 3. The van der Waals surface area contributed by atoms with Crippen LogP contribution >= 0.6 is 0 Å². The lowest BCUT2D eigenvalue weighted by Gasteiger charge is -2.36. The Balaban J connectivity index is 2.36. The molecule has 0 aromatic rings. The van der Waals surface area contributed by atoms with Gasteiger partial charge in [-0.15, -0.1) is 0 Å². The molecule has 0 amide bonds. The summed E-state index contributed by atoms with van der Waals surface area (Å²) >= 11 is 0. The van der Waals surface area contributed by atoms with Gasteiger partial charge in [-0.2, -0.15) is 0 Å². The van der Waals surface area contributed by atoms with Gasteiger partial charge in [0, 0.05) is 19.0 Å². The Kier molecular flexibility index (Phi) is 4.16. The molecule has 3 heteroatoms. The third kappa shape index (κ3) is 3.25. The van der Waals surface area contributed by atoms with Gasteiger partial charge >= 0.3 is 0 Å². The van der Waals surface area contributed by atoms with E-state index in [0.717, 1.165) is 12.8 Å². The quantitative estimate of drug-likeness (QED) is 0.570. The van der Waals surface area contributed by atoms with E-state index in [4.69, 9.17) is 5.73 Å². The molecule has 1 aliphatic rings. The van der Waals surface area contributed by atoms with Gasteiger partial charge in [0.1, 0.15) is 5.72 Å². The van der Waals surface area contributed by atoms with Crippen molar-refractivity contribution in [2.45, 2.75) is 44.8 Å². The maximum Gasteiger partial charge on any atom is 0.116 e. The normalized spacial score (nSPS) is 24.2. The molecule has 0 spiro atoms. The van der Waals surface area contributed by atoms with Gasteiger partial charge in [0.25, 0.3) is 0 Å². The fourth-order valence-corrected chi connectivity index (χ4v) is 2.13. The Morgan fingerprint density at radius 1 is 1.38 bits per heavy atom. The molecule has 1 aliphatic carbocycles. The molecule has 13 heavy (non-hydrogen) atoms. The molecule has 0 radical (unpaired) electrons. The second-order valence-electron chi connectivity index (χ2n) is 4.20. The zero-order valence-electron chi connectivity index (χ0n) is 8.55. The summed E-state index contributed by atoms with van der Waals surface area (Å²) in [5, 5.41) is 13.2. The van der Waals surface area contributed by atoms with E-state index in [1.165, 1.54) is 19.3 Å². The Morgan fingerprint density at radius 2 is 2.00 bits per heavy atom. The van der Waals surface area contributed by atoms with Crippen molar-refractivity contribution in [3.8, 4) is 0 Å². The van der Waals surface area contributed by atoms with E-state index in [9.17, 15) is 5.11 Å². The third-order valence-electron chi connectivity index (χ3n) is 3.03. The van der Waals surface area contributed by atoms with Crippen molar-refractivity contribution in [3.05, 3.63) is 0 Å². The van der Waals surface area contributed by atoms with E-state index in [-0.39, 0.29) is 0 Å². The molecule has 4 N–H and O–H groups in total. The van der Waals surface area contributed by atoms with Crippen molar-refractivity contribution in [3.63, 3.8) is 0 Å². The summed E-state index contributed by atoms with van der Waals surface area (Å²) in [6.45, 7) is 3.16. The lowest BCUT2D eigenvalue weighted by Crippen LogP contribution is -2.50. The van der Waals surface area contributed by atoms with Gasteiger partial charge in [0.15, 0.2) is 0 Å². The SMILES string of the molecule is CC(O)(NCCN)C1CCCCC1. The van der Waals surface area contributed by atoms with Gasteiger partial charge < -0.3 is 10.8 Å². The first kappa shape index (κ1) is 11.0. The zero-order chi connectivity index (χ0) is 9.73. The van der Waals surface area contributed by atoms with Gasteiger partial charge in [0.05, 0.1) is 0 Å². The molecule has 0 saturated heterocycles. The van der Waals surface area contributed by atoms with Crippen molar-refractivity contribution < 1.29 is 5.11 Å². The fourth-order valence-electron chi connectivity index (χ4n) is 2.13. The molecule has 1 atom stereocenters. The molecule has 1 rings (SSSR count). The number of nitrogens with one attached hydrogen (secondary N) is 1. The van der Waals surface area contributed by atoms with Crippen molar-refractivity contribution in [2.75, 3.05) is 13.1 Å². The Hall–Kier alpha value is -0.120. The summed E-state index contributed by atoms with van der Waals surface area (Å²) < 4.78 is 0. The Bertz CT molecular complexity index is 142. The van der Waals surface area contributed by atoms with Crippen molar-refractivity contribution in [2.24, 2.45) is 11.7 Å². The van der Waals surface area contributed by atoms with Crippen LogP contribution in [0.3, 0.4) is 0 Å². The molecule has 3 nitrogen and oxygen atoms in total. The molecule has 0 aromatic carbocycles. The van der Waals surface area contributed by atoms with Crippen LogP contribution in [0.5, 0.6) is 0 Å². The van der Waals surface area contributed by atoms with Crippen LogP contribution in [0.2, 0.25) is 0 Å². The molecular weight excluding hydrogens is 164 g/mol. The molecule has 0 aromatic heterocycles. The minimum atomic E-state index is -0.709. The summed E-state index contributed by atoms with van der Waals surface area (Å²) in [7, 11) is 0. The van der Waals surface area contributed by atoms with Crippen molar-refractivity contribution >= 4 is 0 Å². The van der Waals surface area contributed by atoms with Crippen LogP contribution in [-0.2, 0) is 0 Å². The predicted molar refractivity (Wildman–Crippen MR) is 54.3 cm³/mol. The smallest absolute Gasteiger partial charge is 0.116 e. The van der Waals surface area contributed by atoms with Crippen LogP contribution in [-0.4, -0.2) is 23.9 Å². The van der Waals surface area contributed by atoms with Crippen molar-refractivity contribution in [1.82, 2.24) is 5.32 Å². The van der Waals surface area contributed by atoms with E-state index in [0.29, 0.717) is 19.0 Å². The van der Waals surface area contributed by atoms with Crippen molar-refractivity contribution in [1.29, 1.82) is 0 Å². The van der Waals surface area contributed by atoms with E-state index in [1.807, 2.05) is 6.92 Å². The zero-order valence-corrected chi connectivity index (χ0v) is 8.55. The van der Waals surface area contributed by atoms with E-state index in [1.54, 1.807) is 0 Å². The second-order valence-corrected chi connectivity index (χ2v) is 4.20. The van der Waals surface area contributed by atoms with Gasteiger partial charge in [-0.1, -0.05) is 19.3 Å². The van der Waals surface area contributed by atoms with Crippen LogP contribution in [0, 0.1) is 5.92 Å². The van der Waals surface area contributed by atoms with Gasteiger partial charge in [0.2, 0.25) is 0 Å². The summed E-state index contributed by atoms with van der Waals surface area (Å²) in [6, 6.07) is 0. The van der Waals surface area contributed by atoms with E-state index < -0.39 is 5.72 Å². The summed E-state index contributed by atoms with van der Waals surface area (Å²) in [6.07, 6.45) is 6.12. The summed E-state index contributed by atoms with van der Waals surface area (Å²) in [4.78, 5) is 0. The maximum atomic E-state index is 10.1. The van der Waals surface area contributed by atoms with Gasteiger partial charge in [-0.25, -0.2) is 0 Å². The summed E-state index contributed by atoms with van der Waals surface area (Å²) in [5.74, 6) is 0.410. The molecular formula is C10H22N2O.